The number of hydrogen-bond acceptors (Lipinski definition) is 1. The summed E-state index contributed by atoms with van der Waals surface area (Å²) in [6, 6.07) is 11.8. The van der Waals surface area contributed by atoms with Crippen LogP contribution >= 0.6 is 27.5 Å². The van der Waals surface area contributed by atoms with Crippen LogP contribution in [0.25, 0.3) is 11.3 Å². The quantitative estimate of drug-likeness (QED) is 0.736. The standard InChI is InChI=1S/C11H8BrClO/c12-10-4-2-1-3-9(10)11-6-5-8(7-13)14-11/h1-6H,7H2. The Labute approximate surface area is 95.8 Å². The zero-order valence-corrected chi connectivity index (χ0v) is 9.68. The molecule has 3 heteroatoms. The van der Waals surface area contributed by atoms with Crippen molar-refractivity contribution in [1.82, 2.24) is 0 Å². The van der Waals surface area contributed by atoms with Gasteiger partial charge in [-0.3, -0.25) is 0 Å². The second-order valence-electron chi connectivity index (χ2n) is 2.88. The highest BCUT2D eigenvalue weighted by molar-refractivity contribution is 9.10. The molecule has 0 spiro atoms. The molecule has 0 radical (unpaired) electrons. The maximum absolute atomic E-state index is 5.66. The van der Waals surface area contributed by atoms with E-state index in [4.69, 9.17) is 16.0 Å². The molecule has 0 aliphatic rings. The summed E-state index contributed by atoms with van der Waals surface area (Å²) in [5.74, 6) is 2.04. The number of benzene rings is 1. The first-order chi connectivity index (χ1) is 6.81. The summed E-state index contributed by atoms with van der Waals surface area (Å²) in [5, 5.41) is 0. The first-order valence-corrected chi connectivity index (χ1v) is 5.53. The van der Waals surface area contributed by atoms with E-state index in [0.29, 0.717) is 5.88 Å². The Balaban J connectivity index is 2.44. The summed E-state index contributed by atoms with van der Waals surface area (Å²) in [7, 11) is 0. The number of furan rings is 1. The zero-order chi connectivity index (χ0) is 9.97. The molecule has 1 nitrogen and oxygen atoms in total. The molecule has 14 heavy (non-hydrogen) atoms. The molecule has 0 aliphatic heterocycles. The molecule has 1 heterocycles. The van der Waals surface area contributed by atoms with Crippen LogP contribution in [0.5, 0.6) is 0 Å². The van der Waals surface area contributed by atoms with Crippen LogP contribution in [0.2, 0.25) is 0 Å². The molecule has 0 fully saturated rings. The van der Waals surface area contributed by atoms with Crippen molar-refractivity contribution in [2.75, 3.05) is 0 Å². The van der Waals surface area contributed by atoms with Crippen LogP contribution in [-0.2, 0) is 5.88 Å². The number of hydrogen-bond donors (Lipinski definition) is 0. The number of rotatable bonds is 2. The minimum atomic E-state index is 0.407. The molecule has 0 bridgehead atoms. The molecule has 1 aromatic heterocycles. The van der Waals surface area contributed by atoms with E-state index in [2.05, 4.69) is 15.9 Å². The van der Waals surface area contributed by atoms with Gasteiger partial charge in [0.2, 0.25) is 0 Å². The Hall–Kier alpha value is -0.730. The van der Waals surface area contributed by atoms with Gasteiger partial charge < -0.3 is 4.42 Å². The van der Waals surface area contributed by atoms with Crippen molar-refractivity contribution in [2.24, 2.45) is 0 Å². The maximum atomic E-state index is 5.66. The van der Waals surface area contributed by atoms with E-state index in [9.17, 15) is 0 Å². The molecule has 0 atom stereocenters. The lowest BCUT2D eigenvalue weighted by atomic mass is 10.2. The Morgan fingerprint density at radius 3 is 2.57 bits per heavy atom. The Morgan fingerprint density at radius 1 is 1.14 bits per heavy atom. The third-order valence-corrected chi connectivity index (χ3v) is 2.89. The first-order valence-electron chi connectivity index (χ1n) is 4.21. The molecular weight excluding hydrogens is 263 g/mol. The van der Waals surface area contributed by atoms with Crippen LogP contribution in [-0.4, -0.2) is 0 Å². The van der Waals surface area contributed by atoms with Crippen LogP contribution in [0.1, 0.15) is 5.76 Å². The van der Waals surface area contributed by atoms with Crippen LogP contribution in [0.15, 0.2) is 45.3 Å². The van der Waals surface area contributed by atoms with E-state index in [0.717, 1.165) is 21.6 Å². The van der Waals surface area contributed by atoms with Gasteiger partial charge in [0.05, 0.1) is 5.88 Å². The predicted octanol–water partition coefficient (Wildman–Crippen LogP) is 4.45. The summed E-state index contributed by atoms with van der Waals surface area (Å²) >= 11 is 9.13. The average Bonchev–Trinajstić information content (AvgIpc) is 2.67. The highest BCUT2D eigenvalue weighted by Crippen LogP contribution is 2.29. The van der Waals surface area contributed by atoms with E-state index in [1.54, 1.807) is 0 Å². The lowest BCUT2D eigenvalue weighted by molar-refractivity contribution is 0.543. The smallest absolute Gasteiger partial charge is 0.135 e. The second-order valence-corrected chi connectivity index (χ2v) is 4.00. The van der Waals surface area contributed by atoms with Crippen molar-refractivity contribution >= 4 is 27.5 Å². The summed E-state index contributed by atoms with van der Waals surface area (Å²) in [6.07, 6.45) is 0. The normalized spacial score (nSPS) is 10.4. The van der Waals surface area contributed by atoms with Gasteiger partial charge in [0.15, 0.2) is 0 Å². The molecule has 0 unspecified atom stereocenters. The van der Waals surface area contributed by atoms with Gasteiger partial charge in [-0.25, -0.2) is 0 Å². The molecule has 2 aromatic rings. The third kappa shape index (κ3) is 1.86. The van der Waals surface area contributed by atoms with Crippen molar-refractivity contribution in [3.05, 3.63) is 46.6 Å². The maximum Gasteiger partial charge on any atom is 0.135 e. The van der Waals surface area contributed by atoms with E-state index in [-0.39, 0.29) is 0 Å². The zero-order valence-electron chi connectivity index (χ0n) is 7.34. The van der Waals surface area contributed by atoms with Crippen LogP contribution < -0.4 is 0 Å². The number of halogens is 2. The van der Waals surface area contributed by atoms with E-state index >= 15 is 0 Å². The first kappa shape index (κ1) is 9.81. The average molecular weight is 272 g/mol. The van der Waals surface area contributed by atoms with Crippen molar-refractivity contribution < 1.29 is 4.42 Å². The molecule has 2 rings (SSSR count). The molecule has 0 saturated heterocycles. The van der Waals surface area contributed by atoms with Gasteiger partial charge >= 0.3 is 0 Å². The van der Waals surface area contributed by atoms with E-state index in [1.165, 1.54) is 0 Å². The van der Waals surface area contributed by atoms with Gasteiger partial charge in [-0.15, -0.1) is 11.6 Å². The summed E-state index contributed by atoms with van der Waals surface area (Å²) in [5.41, 5.74) is 1.05. The van der Waals surface area contributed by atoms with Gasteiger partial charge in [-0.05, 0) is 18.2 Å². The van der Waals surface area contributed by atoms with Gasteiger partial charge in [-0.2, -0.15) is 0 Å². The van der Waals surface area contributed by atoms with Gasteiger partial charge in [0.1, 0.15) is 11.5 Å². The highest BCUT2D eigenvalue weighted by Gasteiger charge is 2.06. The van der Waals surface area contributed by atoms with Crippen molar-refractivity contribution in [1.29, 1.82) is 0 Å². The third-order valence-electron chi connectivity index (χ3n) is 1.93. The van der Waals surface area contributed by atoms with Crippen molar-refractivity contribution in [3.63, 3.8) is 0 Å². The Kier molecular flexibility index (Phi) is 2.94. The lowest BCUT2D eigenvalue weighted by Crippen LogP contribution is -1.75. The van der Waals surface area contributed by atoms with Gasteiger partial charge in [0, 0.05) is 10.0 Å². The minimum Gasteiger partial charge on any atom is -0.460 e. The van der Waals surface area contributed by atoms with Gasteiger partial charge in [0.25, 0.3) is 0 Å². The monoisotopic (exact) mass is 270 g/mol. The SMILES string of the molecule is ClCc1ccc(-c2ccccc2Br)o1. The van der Waals surface area contributed by atoms with Crippen LogP contribution in [0.4, 0.5) is 0 Å². The molecule has 0 amide bonds. The van der Waals surface area contributed by atoms with Crippen molar-refractivity contribution in [3.8, 4) is 11.3 Å². The second kappa shape index (κ2) is 4.20. The Morgan fingerprint density at radius 2 is 1.93 bits per heavy atom. The molecule has 0 aliphatic carbocycles. The van der Waals surface area contributed by atoms with E-state index in [1.807, 2.05) is 36.4 Å². The summed E-state index contributed by atoms with van der Waals surface area (Å²) in [6.45, 7) is 0. The molecular formula is C11H8BrClO. The van der Waals surface area contributed by atoms with Crippen LogP contribution in [0, 0.1) is 0 Å². The lowest BCUT2D eigenvalue weighted by Gasteiger charge is -1.99. The highest BCUT2D eigenvalue weighted by atomic mass is 79.9. The topological polar surface area (TPSA) is 13.1 Å². The largest absolute Gasteiger partial charge is 0.460 e. The fourth-order valence-electron chi connectivity index (χ4n) is 1.26. The van der Waals surface area contributed by atoms with Gasteiger partial charge in [-0.1, -0.05) is 34.1 Å². The summed E-state index contributed by atoms with van der Waals surface area (Å²) < 4.78 is 6.56. The molecule has 0 N–H and O–H groups in total. The fraction of sp³-hybridized carbons (Fsp3) is 0.0909. The summed E-state index contributed by atoms with van der Waals surface area (Å²) in [4.78, 5) is 0. The molecule has 0 saturated carbocycles. The number of alkyl halides is 1. The predicted molar refractivity (Wildman–Crippen MR) is 61.4 cm³/mol. The Bertz CT molecular complexity index is 436. The van der Waals surface area contributed by atoms with E-state index < -0.39 is 0 Å². The molecule has 1 aromatic carbocycles. The fourth-order valence-corrected chi connectivity index (χ4v) is 1.88. The van der Waals surface area contributed by atoms with Crippen molar-refractivity contribution in [2.45, 2.75) is 5.88 Å². The van der Waals surface area contributed by atoms with Crippen LogP contribution in [0.3, 0.4) is 0 Å². The minimum absolute atomic E-state index is 0.407. The molecule has 72 valence electrons.